The van der Waals surface area contributed by atoms with Gasteiger partial charge < -0.3 is 10.1 Å². The molecule has 1 aromatic rings. The average Bonchev–Trinajstić information content (AvgIpc) is 2.45. The van der Waals surface area contributed by atoms with Gasteiger partial charge in [-0.05, 0) is 18.6 Å². The molecule has 1 aliphatic rings. The molecule has 0 saturated heterocycles. The van der Waals surface area contributed by atoms with E-state index >= 15 is 0 Å². The van der Waals surface area contributed by atoms with Crippen LogP contribution in [0.3, 0.4) is 0 Å². The quantitative estimate of drug-likeness (QED) is 0.898. The lowest BCUT2D eigenvalue weighted by molar-refractivity contribution is -0.137. The molecule has 0 spiro atoms. The highest BCUT2D eigenvalue weighted by molar-refractivity contribution is 6.04. The number of rotatable bonds is 4. The van der Waals surface area contributed by atoms with Gasteiger partial charge in [0.15, 0.2) is 0 Å². The second-order valence-electron chi connectivity index (χ2n) is 4.43. The van der Waals surface area contributed by atoms with Gasteiger partial charge in [-0.15, -0.1) is 0 Å². The lowest BCUT2D eigenvalue weighted by Crippen LogP contribution is -2.30. The van der Waals surface area contributed by atoms with Crippen LogP contribution < -0.4 is 10.7 Å². The number of carbonyl (C=O) groups excluding carboxylic acids is 1. The van der Waals surface area contributed by atoms with Crippen LogP contribution in [0.15, 0.2) is 23.3 Å². The monoisotopic (exact) mass is 301 g/mol. The Kier molecular flexibility index (Phi) is 4.35. The highest BCUT2D eigenvalue weighted by Gasteiger charge is 2.34. The van der Waals surface area contributed by atoms with Gasteiger partial charge in [-0.2, -0.15) is 18.3 Å². The molecule has 114 valence electrons. The number of nitrogens with one attached hydrogen (secondary N) is 2. The number of carbonyl (C=O) groups is 1. The third-order valence-electron chi connectivity index (χ3n) is 2.85. The first-order chi connectivity index (χ1) is 9.91. The van der Waals surface area contributed by atoms with E-state index in [1.165, 1.54) is 12.1 Å². The molecule has 8 heteroatoms. The van der Waals surface area contributed by atoms with Crippen LogP contribution in [0.1, 0.15) is 24.5 Å². The number of cyclic esters (lactones) is 1. The van der Waals surface area contributed by atoms with Gasteiger partial charge in [-0.1, -0.05) is 13.0 Å². The average molecular weight is 301 g/mol. The van der Waals surface area contributed by atoms with Gasteiger partial charge in [0, 0.05) is 17.8 Å². The van der Waals surface area contributed by atoms with Gasteiger partial charge in [0.2, 0.25) is 0 Å². The van der Waals surface area contributed by atoms with Crippen molar-refractivity contribution in [2.24, 2.45) is 5.10 Å². The Labute approximate surface area is 119 Å². The Morgan fingerprint density at radius 3 is 2.76 bits per heavy atom. The Morgan fingerprint density at radius 2 is 2.19 bits per heavy atom. The summed E-state index contributed by atoms with van der Waals surface area (Å²) in [6.45, 7) is 2.15. The van der Waals surface area contributed by atoms with Gasteiger partial charge in [0.05, 0.1) is 5.56 Å². The van der Waals surface area contributed by atoms with E-state index in [0.29, 0.717) is 13.0 Å². The highest BCUT2D eigenvalue weighted by atomic mass is 19.4. The van der Waals surface area contributed by atoms with Crippen LogP contribution in [0.4, 0.5) is 23.7 Å². The summed E-state index contributed by atoms with van der Waals surface area (Å²) in [5.41, 5.74) is 1.81. The minimum absolute atomic E-state index is 0.0227. The third-order valence-corrected chi connectivity index (χ3v) is 2.85. The number of hydrogen-bond donors (Lipinski definition) is 2. The van der Waals surface area contributed by atoms with E-state index in [-0.39, 0.29) is 23.6 Å². The van der Waals surface area contributed by atoms with E-state index < -0.39 is 17.8 Å². The maximum Gasteiger partial charge on any atom is 0.428 e. The van der Waals surface area contributed by atoms with E-state index in [9.17, 15) is 18.0 Å². The zero-order valence-corrected chi connectivity index (χ0v) is 11.3. The molecule has 0 radical (unpaired) electrons. The van der Waals surface area contributed by atoms with E-state index in [4.69, 9.17) is 0 Å². The molecule has 1 heterocycles. The molecule has 0 bridgehead atoms. The number of amides is 1. The van der Waals surface area contributed by atoms with Crippen molar-refractivity contribution in [3.05, 3.63) is 29.3 Å². The molecule has 2 N–H and O–H groups in total. The summed E-state index contributed by atoms with van der Waals surface area (Å²) in [4.78, 5) is 10.8. The summed E-state index contributed by atoms with van der Waals surface area (Å²) in [7, 11) is 0. The first-order valence-corrected chi connectivity index (χ1v) is 6.36. The molecular weight excluding hydrogens is 287 g/mol. The van der Waals surface area contributed by atoms with Crippen molar-refractivity contribution in [3.63, 3.8) is 0 Å². The van der Waals surface area contributed by atoms with Crippen molar-refractivity contribution in [2.75, 3.05) is 18.5 Å². The van der Waals surface area contributed by atoms with E-state index in [0.717, 1.165) is 6.07 Å². The molecule has 0 atom stereocenters. The molecule has 0 aliphatic carbocycles. The molecule has 1 aromatic carbocycles. The number of hydrogen-bond acceptors (Lipinski definition) is 4. The highest BCUT2D eigenvalue weighted by Crippen LogP contribution is 2.35. The molecule has 1 aliphatic heterocycles. The van der Waals surface area contributed by atoms with Gasteiger partial charge in [0.1, 0.15) is 12.3 Å². The normalized spacial score (nSPS) is 15.0. The standard InChI is InChI=1S/C13H14F3N3O2/c1-2-5-17-10-4-3-8(6-9(10)13(14,15)16)11-7-21-12(20)19-18-11/h3-4,6,17H,2,5,7H2,1H3,(H,19,20). The number of nitrogens with zero attached hydrogens (tertiary/aromatic N) is 1. The minimum atomic E-state index is -4.48. The SMILES string of the molecule is CCCNc1ccc(C2=NNC(=O)OC2)cc1C(F)(F)F. The number of ether oxygens (including phenoxy) is 1. The minimum Gasteiger partial charge on any atom is -0.442 e. The lowest BCUT2D eigenvalue weighted by atomic mass is 10.0. The van der Waals surface area contributed by atoms with E-state index in [2.05, 4.69) is 20.6 Å². The first-order valence-electron chi connectivity index (χ1n) is 6.36. The smallest absolute Gasteiger partial charge is 0.428 e. The maximum absolute atomic E-state index is 13.1. The first kappa shape index (κ1) is 15.1. The van der Waals surface area contributed by atoms with Crippen molar-refractivity contribution < 1.29 is 22.7 Å². The zero-order valence-electron chi connectivity index (χ0n) is 11.3. The Morgan fingerprint density at radius 1 is 1.43 bits per heavy atom. The van der Waals surface area contributed by atoms with Crippen molar-refractivity contribution >= 4 is 17.5 Å². The summed E-state index contributed by atoms with van der Waals surface area (Å²) >= 11 is 0. The Bertz CT molecular complexity index is 570. The Hall–Kier alpha value is -2.25. The molecule has 21 heavy (non-hydrogen) atoms. The summed E-state index contributed by atoms with van der Waals surface area (Å²) < 4.78 is 44.0. The molecular formula is C13H14F3N3O2. The van der Waals surface area contributed by atoms with Crippen LogP contribution in [0, 0.1) is 0 Å². The topological polar surface area (TPSA) is 62.7 Å². The largest absolute Gasteiger partial charge is 0.442 e. The summed E-state index contributed by atoms with van der Waals surface area (Å²) in [6, 6.07) is 3.86. The molecule has 0 unspecified atom stereocenters. The number of anilines is 1. The van der Waals surface area contributed by atoms with Crippen LogP contribution in [0.2, 0.25) is 0 Å². The fraction of sp³-hybridized carbons (Fsp3) is 0.385. The van der Waals surface area contributed by atoms with Gasteiger partial charge in [-0.3, -0.25) is 0 Å². The number of halogens is 3. The maximum atomic E-state index is 13.1. The fourth-order valence-electron chi connectivity index (χ4n) is 1.83. The number of benzene rings is 1. The van der Waals surface area contributed by atoms with E-state index in [1.54, 1.807) is 0 Å². The van der Waals surface area contributed by atoms with Crippen molar-refractivity contribution in [1.82, 2.24) is 5.43 Å². The lowest BCUT2D eigenvalue weighted by Gasteiger charge is -2.18. The Balaban J connectivity index is 2.35. The van der Waals surface area contributed by atoms with Crippen LogP contribution in [-0.2, 0) is 10.9 Å². The van der Waals surface area contributed by atoms with Crippen molar-refractivity contribution in [2.45, 2.75) is 19.5 Å². The van der Waals surface area contributed by atoms with Crippen LogP contribution in [-0.4, -0.2) is 25.0 Å². The van der Waals surface area contributed by atoms with Crippen LogP contribution in [0.5, 0.6) is 0 Å². The van der Waals surface area contributed by atoms with Gasteiger partial charge >= 0.3 is 12.3 Å². The van der Waals surface area contributed by atoms with Crippen LogP contribution in [0.25, 0.3) is 0 Å². The molecule has 2 rings (SSSR count). The number of hydrazone groups is 1. The van der Waals surface area contributed by atoms with Crippen LogP contribution >= 0.6 is 0 Å². The second kappa shape index (κ2) is 6.02. The summed E-state index contributed by atoms with van der Waals surface area (Å²) in [5, 5.41) is 6.45. The molecule has 1 amide bonds. The predicted octanol–water partition coefficient (Wildman–Crippen LogP) is 2.97. The van der Waals surface area contributed by atoms with Gasteiger partial charge in [-0.25, -0.2) is 10.2 Å². The van der Waals surface area contributed by atoms with Crippen molar-refractivity contribution in [1.29, 1.82) is 0 Å². The third kappa shape index (κ3) is 3.65. The predicted molar refractivity (Wildman–Crippen MR) is 71.2 cm³/mol. The second-order valence-corrected chi connectivity index (χ2v) is 4.43. The fourth-order valence-corrected chi connectivity index (χ4v) is 1.83. The molecule has 0 fully saturated rings. The molecule has 0 aromatic heterocycles. The summed E-state index contributed by atoms with van der Waals surface area (Å²) in [5.74, 6) is 0. The number of alkyl halides is 3. The zero-order chi connectivity index (χ0) is 15.5. The van der Waals surface area contributed by atoms with Crippen molar-refractivity contribution in [3.8, 4) is 0 Å². The molecule has 0 saturated carbocycles. The van der Waals surface area contributed by atoms with E-state index in [1.807, 2.05) is 6.92 Å². The summed E-state index contributed by atoms with van der Waals surface area (Å²) in [6.07, 6.45) is -4.49. The molecule has 5 nitrogen and oxygen atoms in total. The van der Waals surface area contributed by atoms with Gasteiger partial charge in [0.25, 0.3) is 0 Å².